The molecule has 0 amide bonds. The zero-order valence-corrected chi connectivity index (χ0v) is 10.8. The minimum absolute atomic E-state index is 0.174. The second-order valence-electron chi connectivity index (χ2n) is 3.10. The first-order valence-corrected chi connectivity index (χ1v) is 8.42. The van der Waals surface area contributed by atoms with Gasteiger partial charge in [-0.3, -0.25) is 0 Å². The van der Waals surface area contributed by atoms with Crippen molar-refractivity contribution in [3.63, 3.8) is 0 Å². The molecule has 0 heterocycles. The molecule has 88 valence electrons. The molecule has 0 N–H and O–H groups in total. The van der Waals surface area contributed by atoms with Crippen LogP contribution in [0.2, 0.25) is 12.6 Å². The van der Waals surface area contributed by atoms with E-state index in [1.807, 2.05) is 6.55 Å². The summed E-state index contributed by atoms with van der Waals surface area (Å²) in [6.07, 6.45) is 0.367. The zero-order valence-electron chi connectivity index (χ0n) is 9.00. The molecule has 0 saturated heterocycles. The first kappa shape index (κ1) is 14.4. The molecule has 7 nitrogen and oxygen atoms in total. The molecule has 15 heavy (non-hydrogen) atoms. The molecule has 0 aliphatic rings. The average molecular weight is 253 g/mol. The highest BCUT2D eigenvalue weighted by atomic mass is 32.2. The average Bonchev–Trinajstić information content (AvgIpc) is 2.17. The van der Waals surface area contributed by atoms with E-state index in [9.17, 15) is 8.42 Å². The fourth-order valence-electron chi connectivity index (χ4n) is 0.960. The van der Waals surface area contributed by atoms with Gasteiger partial charge in [0.15, 0.2) is 0 Å². The Kier molecular flexibility index (Phi) is 5.84. The lowest BCUT2D eigenvalue weighted by molar-refractivity contribution is 0.249. The van der Waals surface area contributed by atoms with Gasteiger partial charge in [0.1, 0.15) is 0 Å². The summed E-state index contributed by atoms with van der Waals surface area (Å²) >= 11 is 0. The van der Waals surface area contributed by atoms with E-state index < -0.39 is 18.6 Å². The van der Waals surface area contributed by atoms with E-state index in [0.717, 1.165) is 0 Å². The van der Waals surface area contributed by atoms with E-state index >= 15 is 0 Å². The number of azide groups is 1. The normalized spacial score (nSPS) is 12.2. The van der Waals surface area contributed by atoms with Crippen LogP contribution in [0.25, 0.3) is 10.4 Å². The number of rotatable bonds is 7. The molecule has 0 aromatic carbocycles. The highest BCUT2D eigenvalue weighted by Gasteiger charge is 2.28. The van der Waals surface area contributed by atoms with Crippen molar-refractivity contribution >= 4 is 18.6 Å². The van der Waals surface area contributed by atoms with Crippen molar-refractivity contribution in [2.24, 2.45) is 4.52 Å². The van der Waals surface area contributed by atoms with Gasteiger partial charge >= 0.3 is 8.56 Å². The zero-order chi connectivity index (χ0) is 11.9. The second kappa shape index (κ2) is 6.08. The van der Waals surface area contributed by atoms with Crippen molar-refractivity contribution in [3.05, 3.63) is 10.4 Å². The lowest BCUT2D eigenvalue weighted by Crippen LogP contribution is -2.36. The number of nitrogens with zero attached hydrogens (tertiary/aromatic N) is 3. The van der Waals surface area contributed by atoms with Gasteiger partial charge in [0.25, 0.3) is 0 Å². The van der Waals surface area contributed by atoms with Crippen molar-refractivity contribution in [2.45, 2.75) is 19.0 Å². The lowest BCUT2D eigenvalue weighted by atomic mass is 10.6. The standard InChI is InChI=1S/C6H15N3O4SSi/c1-12-15(3,13-2)6-4-5-14(10,11)9-8-7/h4-6H2,1-3H3. The quantitative estimate of drug-likeness (QED) is 0.296. The van der Waals surface area contributed by atoms with Crippen molar-refractivity contribution in [1.29, 1.82) is 0 Å². The van der Waals surface area contributed by atoms with E-state index in [-0.39, 0.29) is 5.75 Å². The molecule has 0 radical (unpaired) electrons. The summed E-state index contributed by atoms with van der Waals surface area (Å²) in [5.74, 6) is -0.174. The molecule has 0 aliphatic carbocycles. The van der Waals surface area contributed by atoms with E-state index in [4.69, 9.17) is 14.4 Å². The van der Waals surface area contributed by atoms with E-state index in [1.165, 1.54) is 14.2 Å². The maximum atomic E-state index is 11.0. The summed E-state index contributed by atoms with van der Waals surface area (Å²) in [6.45, 7) is 1.84. The minimum Gasteiger partial charge on any atom is -0.398 e. The topological polar surface area (TPSA) is 101 Å². The molecule has 0 aliphatic heterocycles. The van der Waals surface area contributed by atoms with Gasteiger partial charge in [-0.25, -0.2) is 8.42 Å². The molecular formula is C6H15N3O4SSi. The van der Waals surface area contributed by atoms with E-state index in [2.05, 4.69) is 9.43 Å². The number of hydrogen-bond acceptors (Lipinski definition) is 4. The minimum atomic E-state index is -3.65. The monoisotopic (exact) mass is 253 g/mol. The molecule has 0 spiro atoms. The third kappa shape index (κ3) is 5.75. The molecule has 0 fully saturated rings. The van der Waals surface area contributed by atoms with Gasteiger partial charge in [0, 0.05) is 23.7 Å². The molecular weight excluding hydrogens is 238 g/mol. The smallest absolute Gasteiger partial charge is 0.334 e. The number of hydrogen-bond donors (Lipinski definition) is 0. The van der Waals surface area contributed by atoms with Gasteiger partial charge in [-0.1, -0.05) is 0 Å². The summed E-state index contributed by atoms with van der Waals surface area (Å²) < 4.78 is 35.1. The number of sulfonamides is 1. The van der Waals surface area contributed by atoms with E-state index in [1.54, 1.807) is 0 Å². The lowest BCUT2D eigenvalue weighted by Gasteiger charge is -2.22. The predicted octanol–water partition coefficient (Wildman–Crippen LogP) is 1.38. The van der Waals surface area contributed by atoms with Gasteiger partial charge in [-0.15, -0.1) is 0 Å². The van der Waals surface area contributed by atoms with Crippen LogP contribution in [0.3, 0.4) is 0 Å². The van der Waals surface area contributed by atoms with Crippen molar-refractivity contribution in [2.75, 3.05) is 20.0 Å². The predicted molar refractivity (Wildman–Crippen MR) is 58.0 cm³/mol. The van der Waals surface area contributed by atoms with Gasteiger partial charge in [-0.2, -0.15) is 0 Å². The Balaban J connectivity index is 4.15. The molecule has 0 bridgehead atoms. The Bertz CT molecular complexity index is 334. The summed E-state index contributed by atoms with van der Waals surface area (Å²) in [7, 11) is -2.79. The van der Waals surface area contributed by atoms with Crippen LogP contribution in [-0.2, 0) is 18.9 Å². The van der Waals surface area contributed by atoms with Crippen molar-refractivity contribution in [3.8, 4) is 0 Å². The molecule has 0 aromatic rings. The van der Waals surface area contributed by atoms with Crippen LogP contribution >= 0.6 is 0 Å². The van der Waals surface area contributed by atoms with Crippen LogP contribution in [0.1, 0.15) is 6.42 Å². The molecule has 0 rings (SSSR count). The summed E-state index contributed by atoms with van der Waals surface area (Å²) in [4.78, 5) is 2.25. The summed E-state index contributed by atoms with van der Waals surface area (Å²) in [5.41, 5.74) is 7.99. The Labute approximate surface area is 90.3 Å². The van der Waals surface area contributed by atoms with Gasteiger partial charge < -0.3 is 8.85 Å². The maximum Gasteiger partial charge on any atom is 0.334 e. The molecule has 0 saturated carbocycles. The van der Waals surface area contributed by atoms with Crippen molar-refractivity contribution < 1.29 is 17.3 Å². The van der Waals surface area contributed by atoms with Crippen LogP contribution < -0.4 is 0 Å². The van der Waals surface area contributed by atoms with E-state index in [0.29, 0.717) is 12.5 Å². The van der Waals surface area contributed by atoms with Gasteiger partial charge in [0.2, 0.25) is 10.0 Å². The Morgan fingerprint density at radius 1 is 1.40 bits per heavy atom. The second-order valence-corrected chi connectivity index (χ2v) is 8.42. The Hall–Kier alpha value is -0.603. The molecule has 0 aromatic heterocycles. The SMILES string of the molecule is CO[Si](C)(CCCS(=O)(=O)N=[N+]=[N-])OC. The van der Waals surface area contributed by atoms with Crippen LogP contribution in [0.15, 0.2) is 4.52 Å². The third-order valence-electron chi connectivity index (χ3n) is 2.06. The highest BCUT2D eigenvalue weighted by Crippen LogP contribution is 2.14. The van der Waals surface area contributed by atoms with Crippen LogP contribution in [0, 0.1) is 0 Å². The van der Waals surface area contributed by atoms with Crippen LogP contribution in [0.5, 0.6) is 0 Å². The van der Waals surface area contributed by atoms with Crippen molar-refractivity contribution in [1.82, 2.24) is 0 Å². The first-order chi connectivity index (χ1) is 6.89. The molecule has 0 atom stereocenters. The first-order valence-electron chi connectivity index (χ1n) is 4.28. The maximum absolute atomic E-state index is 11.0. The Morgan fingerprint density at radius 2 is 1.93 bits per heavy atom. The third-order valence-corrected chi connectivity index (χ3v) is 6.17. The van der Waals surface area contributed by atoms with Gasteiger partial charge in [0.05, 0.1) is 5.75 Å². The fourth-order valence-corrected chi connectivity index (χ4v) is 3.31. The van der Waals surface area contributed by atoms with Crippen LogP contribution in [-0.4, -0.2) is 37.0 Å². The molecule has 9 heteroatoms. The van der Waals surface area contributed by atoms with Crippen LogP contribution in [0.4, 0.5) is 0 Å². The van der Waals surface area contributed by atoms with Gasteiger partial charge in [-0.05, 0) is 24.5 Å². The Morgan fingerprint density at radius 3 is 2.33 bits per heavy atom. The summed E-state index contributed by atoms with van der Waals surface area (Å²) in [5, 5.41) is 0. The summed E-state index contributed by atoms with van der Waals surface area (Å²) in [6, 6.07) is 0.542. The largest absolute Gasteiger partial charge is 0.398 e. The highest BCUT2D eigenvalue weighted by molar-refractivity contribution is 7.89. The fraction of sp³-hybridized carbons (Fsp3) is 1.00. The molecule has 0 unspecified atom stereocenters.